The van der Waals surface area contributed by atoms with Crippen LogP contribution >= 0.6 is 0 Å². The predicted octanol–water partition coefficient (Wildman–Crippen LogP) is 3.72. The fourth-order valence-electron chi connectivity index (χ4n) is 4.34. The summed E-state index contributed by atoms with van der Waals surface area (Å²) in [7, 11) is 0. The lowest BCUT2D eigenvalue weighted by Gasteiger charge is -2.29. The minimum absolute atomic E-state index is 0.238. The Morgan fingerprint density at radius 3 is 2.23 bits per heavy atom. The number of likely N-dealkylation sites (tertiary alicyclic amines) is 1. The van der Waals surface area contributed by atoms with Crippen molar-refractivity contribution in [3.05, 3.63) is 59.7 Å². The monoisotopic (exact) mass is 350 g/mol. The van der Waals surface area contributed by atoms with Gasteiger partial charge in [0, 0.05) is 31.0 Å². The molecule has 0 aromatic heterocycles. The van der Waals surface area contributed by atoms with E-state index in [0.717, 1.165) is 38.9 Å². The van der Waals surface area contributed by atoms with Gasteiger partial charge in [0.25, 0.3) is 0 Å². The van der Waals surface area contributed by atoms with Crippen LogP contribution in [0.1, 0.15) is 24.0 Å². The molecule has 1 atom stereocenters. The van der Waals surface area contributed by atoms with E-state index in [2.05, 4.69) is 58.3 Å². The number of aliphatic carboxylic acids is 1. The zero-order valence-electron chi connectivity index (χ0n) is 15.1. The molecule has 2 aliphatic heterocycles. The average Bonchev–Trinajstić information content (AvgIpc) is 3.04. The van der Waals surface area contributed by atoms with Crippen LogP contribution < -0.4 is 4.90 Å². The fraction of sp³-hybridized carbons (Fsp3) is 0.409. The molecule has 2 aliphatic rings. The molecule has 0 radical (unpaired) electrons. The highest BCUT2D eigenvalue weighted by Crippen LogP contribution is 2.37. The van der Waals surface area contributed by atoms with Crippen molar-refractivity contribution in [2.75, 3.05) is 31.1 Å². The summed E-state index contributed by atoms with van der Waals surface area (Å²) in [6.07, 6.45) is 3.54. The molecule has 0 spiro atoms. The number of aryl methyl sites for hydroxylation is 2. The van der Waals surface area contributed by atoms with Gasteiger partial charge in [-0.1, -0.05) is 36.4 Å². The van der Waals surface area contributed by atoms with Crippen molar-refractivity contribution in [2.45, 2.75) is 25.7 Å². The average molecular weight is 350 g/mol. The third-order valence-corrected chi connectivity index (χ3v) is 5.68. The highest BCUT2D eigenvalue weighted by Gasteiger charge is 2.28. The van der Waals surface area contributed by atoms with Crippen molar-refractivity contribution in [3.8, 4) is 0 Å². The summed E-state index contributed by atoms with van der Waals surface area (Å²) in [6, 6.07) is 17.5. The standard InChI is InChI=1S/C22H26N2O2/c25-22(26)12-14-23-13-11-17(15-23)16-24-20-7-3-1-5-18(20)9-10-19-6-2-4-8-21(19)24/h1-8,17H,9-16H2,(H,25,26). The van der Waals surface area contributed by atoms with Gasteiger partial charge in [-0.2, -0.15) is 0 Å². The smallest absolute Gasteiger partial charge is 0.304 e. The maximum Gasteiger partial charge on any atom is 0.304 e. The van der Waals surface area contributed by atoms with Crippen LogP contribution in [0.3, 0.4) is 0 Å². The molecule has 1 unspecified atom stereocenters. The third-order valence-electron chi connectivity index (χ3n) is 5.68. The van der Waals surface area contributed by atoms with Crippen molar-refractivity contribution < 1.29 is 9.90 Å². The first-order valence-electron chi connectivity index (χ1n) is 9.58. The summed E-state index contributed by atoms with van der Waals surface area (Å²) in [5.41, 5.74) is 5.51. The highest BCUT2D eigenvalue weighted by molar-refractivity contribution is 5.71. The largest absolute Gasteiger partial charge is 0.481 e. The first-order chi connectivity index (χ1) is 12.7. The van der Waals surface area contributed by atoms with Crippen molar-refractivity contribution in [3.63, 3.8) is 0 Å². The molecule has 2 heterocycles. The number of carboxylic acid groups (broad SMARTS) is 1. The zero-order valence-corrected chi connectivity index (χ0v) is 15.1. The lowest BCUT2D eigenvalue weighted by atomic mass is 10.0. The van der Waals surface area contributed by atoms with Gasteiger partial charge in [0.1, 0.15) is 0 Å². The van der Waals surface area contributed by atoms with Crippen molar-refractivity contribution in [2.24, 2.45) is 5.92 Å². The van der Waals surface area contributed by atoms with E-state index in [0.29, 0.717) is 12.5 Å². The van der Waals surface area contributed by atoms with Gasteiger partial charge < -0.3 is 14.9 Å². The molecule has 0 bridgehead atoms. The number of anilines is 2. The summed E-state index contributed by atoms with van der Waals surface area (Å²) in [4.78, 5) is 15.6. The van der Waals surface area contributed by atoms with Crippen LogP contribution in [0.4, 0.5) is 11.4 Å². The summed E-state index contributed by atoms with van der Waals surface area (Å²) in [5, 5.41) is 8.92. The first-order valence-corrected chi connectivity index (χ1v) is 9.58. The second-order valence-corrected chi connectivity index (χ2v) is 7.47. The van der Waals surface area contributed by atoms with Gasteiger partial charge in [0.05, 0.1) is 6.42 Å². The van der Waals surface area contributed by atoms with Gasteiger partial charge in [-0.3, -0.25) is 4.79 Å². The SMILES string of the molecule is O=C(O)CCN1CCC(CN2c3ccccc3CCc3ccccc32)C1. The number of rotatable bonds is 5. The topological polar surface area (TPSA) is 43.8 Å². The maximum atomic E-state index is 10.8. The molecule has 4 heteroatoms. The Morgan fingerprint density at radius 2 is 1.62 bits per heavy atom. The Balaban J connectivity index is 1.55. The lowest BCUT2D eigenvalue weighted by molar-refractivity contribution is -0.137. The van der Waals surface area contributed by atoms with E-state index in [1.54, 1.807) is 0 Å². The Kier molecular flexibility index (Phi) is 4.93. The molecule has 1 N–H and O–H groups in total. The van der Waals surface area contributed by atoms with Crippen molar-refractivity contribution in [1.82, 2.24) is 4.90 Å². The zero-order chi connectivity index (χ0) is 17.9. The summed E-state index contributed by atoms with van der Waals surface area (Å²) < 4.78 is 0. The van der Waals surface area contributed by atoms with Crippen LogP contribution in [0.5, 0.6) is 0 Å². The second-order valence-electron chi connectivity index (χ2n) is 7.47. The molecule has 26 heavy (non-hydrogen) atoms. The van der Waals surface area contributed by atoms with Gasteiger partial charge in [-0.15, -0.1) is 0 Å². The number of fused-ring (bicyclic) bond motifs is 2. The molecule has 0 amide bonds. The van der Waals surface area contributed by atoms with E-state index in [1.165, 1.54) is 22.5 Å². The molecular formula is C22H26N2O2. The van der Waals surface area contributed by atoms with Gasteiger partial charge in [-0.05, 0) is 55.0 Å². The van der Waals surface area contributed by atoms with Crippen LogP contribution in [-0.4, -0.2) is 42.2 Å². The second kappa shape index (κ2) is 7.50. The number of hydrogen-bond donors (Lipinski definition) is 1. The molecule has 0 saturated carbocycles. The molecule has 2 aromatic rings. The van der Waals surface area contributed by atoms with E-state index in [1.807, 2.05) is 0 Å². The molecule has 4 nitrogen and oxygen atoms in total. The minimum Gasteiger partial charge on any atom is -0.481 e. The summed E-state index contributed by atoms with van der Waals surface area (Å²) >= 11 is 0. The fourth-order valence-corrected chi connectivity index (χ4v) is 4.34. The molecule has 1 saturated heterocycles. The number of carbonyl (C=O) groups is 1. The number of para-hydroxylation sites is 2. The highest BCUT2D eigenvalue weighted by atomic mass is 16.4. The maximum absolute atomic E-state index is 10.8. The molecule has 1 fully saturated rings. The van der Waals surface area contributed by atoms with Gasteiger partial charge in [-0.25, -0.2) is 0 Å². The number of carboxylic acids is 1. The van der Waals surface area contributed by atoms with Gasteiger partial charge in [0.15, 0.2) is 0 Å². The van der Waals surface area contributed by atoms with E-state index in [9.17, 15) is 4.79 Å². The van der Waals surface area contributed by atoms with Crippen LogP contribution in [0, 0.1) is 5.92 Å². The van der Waals surface area contributed by atoms with Crippen LogP contribution in [-0.2, 0) is 17.6 Å². The molecule has 136 valence electrons. The van der Waals surface area contributed by atoms with E-state index < -0.39 is 5.97 Å². The normalized spacial score (nSPS) is 19.7. The Hall–Kier alpha value is -2.33. The Morgan fingerprint density at radius 1 is 1.00 bits per heavy atom. The molecular weight excluding hydrogens is 324 g/mol. The van der Waals surface area contributed by atoms with Gasteiger partial charge in [0.2, 0.25) is 0 Å². The summed E-state index contributed by atoms with van der Waals surface area (Å²) in [5.74, 6) is -0.133. The number of hydrogen-bond acceptors (Lipinski definition) is 3. The van der Waals surface area contributed by atoms with E-state index >= 15 is 0 Å². The molecule has 0 aliphatic carbocycles. The minimum atomic E-state index is -0.705. The quantitative estimate of drug-likeness (QED) is 0.893. The van der Waals surface area contributed by atoms with E-state index in [4.69, 9.17) is 5.11 Å². The lowest BCUT2D eigenvalue weighted by Crippen LogP contribution is -2.29. The predicted molar refractivity (Wildman–Crippen MR) is 104 cm³/mol. The van der Waals surface area contributed by atoms with Crippen molar-refractivity contribution in [1.29, 1.82) is 0 Å². The Labute approximate surface area is 155 Å². The van der Waals surface area contributed by atoms with Crippen LogP contribution in [0.25, 0.3) is 0 Å². The number of benzene rings is 2. The van der Waals surface area contributed by atoms with Crippen LogP contribution in [0.2, 0.25) is 0 Å². The summed E-state index contributed by atoms with van der Waals surface area (Å²) in [6.45, 7) is 3.67. The Bertz CT molecular complexity index is 742. The van der Waals surface area contributed by atoms with E-state index in [-0.39, 0.29) is 6.42 Å². The molecule has 2 aromatic carbocycles. The number of nitrogens with zero attached hydrogens (tertiary/aromatic N) is 2. The van der Waals surface area contributed by atoms with Crippen LogP contribution in [0.15, 0.2) is 48.5 Å². The van der Waals surface area contributed by atoms with Gasteiger partial charge >= 0.3 is 5.97 Å². The third kappa shape index (κ3) is 3.61. The molecule has 4 rings (SSSR count). The van der Waals surface area contributed by atoms with Crippen molar-refractivity contribution >= 4 is 17.3 Å². The first kappa shape index (κ1) is 17.1.